The van der Waals surface area contributed by atoms with E-state index >= 15 is 0 Å². The quantitative estimate of drug-likeness (QED) is 0.921. The average Bonchev–Trinajstić information content (AvgIpc) is 2.72. The Kier molecular flexibility index (Phi) is 4.02. The molecule has 0 aliphatic heterocycles. The normalized spacial score (nSPS) is 12.6. The Morgan fingerprint density at radius 2 is 2.12 bits per heavy atom. The van der Waals surface area contributed by atoms with Crippen LogP contribution in [-0.2, 0) is 7.05 Å². The van der Waals surface area contributed by atoms with Crippen LogP contribution in [0.15, 0.2) is 47.1 Å². The highest BCUT2D eigenvalue weighted by Gasteiger charge is 2.15. The van der Waals surface area contributed by atoms with Crippen LogP contribution in [-0.4, -0.2) is 11.1 Å². The van der Waals surface area contributed by atoms with Crippen LogP contribution < -0.4 is 5.73 Å². The van der Waals surface area contributed by atoms with Gasteiger partial charge in [-0.2, -0.15) is 0 Å². The number of aryl methyl sites for hydroxylation is 1. The third-order valence-corrected chi connectivity index (χ3v) is 3.54. The van der Waals surface area contributed by atoms with Crippen LogP contribution in [0.2, 0.25) is 0 Å². The summed E-state index contributed by atoms with van der Waals surface area (Å²) in [6, 6.07) is 12.7. The second kappa shape index (κ2) is 5.52. The summed E-state index contributed by atoms with van der Waals surface area (Å²) < 4.78 is 3.28. The first-order chi connectivity index (χ1) is 8.22. The lowest BCUT2D eigenvalue weighted by Gasteiger charge is -2.18. The molecule has 1 atom stereocenters. The average molecular weight is 293 g/mol. The highest BCUT2D eigenvalue weighted by molar-refractivity contribution is 9.10. The SMILES string of the molecule is Cn1cccc1C(CCN)c1cccc(Br)c1. The molecule has 2 nitrogen and oxygen atoms in total. The van der Waals surface area contributed by atoms with Crippen molar-refractivity contribution in [1.82, 2.24) is 4.57 Å². The zero-order valence-corrected chi connectivity index (χ0v) is 11.5. The molecule has 17 heavy (non-hydrogen) atoms. The van der Waals surface area contributed by atoms with Crippen molar-refractivity contribution in [3.63, 3.8) is 0 Å². The molecule has 2 rings (SSSR count). The molecule has 0 saturated heterocycles. The molecule has 0 radical (unpaired) electrons. The topological polar surface area (TPSA) is 30.9 Å². The van der Waals surface area contributed by atoms with Gasteiger partial charge in [0, 0.05) is 29.3 Å². The zero-order chi connectivity index (χ0) is 12.3. The Bertz CT molecular complexity index is 490. The second-order valence-electron chi connectivity index (χ2n) is 4.23. The summed E-state index contributed by atoms with van der Waals surface area (Å²) in [5, 5.41) is 0. The van der Waals surface area contributed by atoms with E-state index in [2.05, 4.69) is 64.1 Å². The van der Waals surface area contributed by atoms with Gasteiger partial charge in [-0.15, -0.1) is 0 Å². The van der Waals surface area contributed by atoms with Crippen LogP contribution in [0.5, 0.6) is 0 Å². The van der Waals surface area contributed by atoms with Crippen molar-refractivity contribution < 1.29 is 0 Å². The molecule has 2 N–H and O–H groups in total. The first-order valence-corrected chi connectivity index (χ1v) is 6.58. The zero-order valence-electron chi connectivity index (χ0n) is 9.94. The number of rotatable bonds is 4. The predicted molar refractivity (Wildman–Crippen MR) is 75.1 cm³/mol. The van der Waals surface area contributed by atoms with Gasteiger partial charge in [0.2, 0.25) is 0 Å². The van der Waals surface area contributed by atoms with E-state index in [1.54, 1.807) is 0 Å². The van der Waals surface area contributed by atoms with Gasteiger partial charge in [-0.3, -0.25) is 0 Å². The minimum atomic E-state index is 0.373. The molecule has 0 aliphatic rings. The van der Waals surface area contributed by atoms with E-state index in [0.29, 0.717) is 12.5 Å². The number of nitrogens with two attached hydrogens (primary N) is 1. The van der Waals surface area contributed by atoms with Crippen LogP contribution in [0.4, 0.5) is 0 Å². The lowest BCUT2D eigenvalue weighted by Crippen LogP contribution is -2.11. The fourth-order valence-electron chi connectivity index (χ4n) is 2.21. The number of halogens is 1. The molecule has 0 amide bonds. The molecule has 0 spiro atoms. The Morgan fingerprint density at radius 3 is 2.71 bits per heavy atom. The van der Waals surface area contributed by atoms with Crippen LogP contribution >= 0.6 is 15.9 Å². The maximum atomic E-state index is 5.74. The standard InChI is InChI=1S/C14H17BrN2/c1-17-9-3-6-14(17)13(7-8-16)11-4-2-5-12(15)10-11/h2-6,9-10,13H,7-8,16H2,1H3. The molecule has 0 fully saturated rings. The fourth-order valence-corrected chi connectivity index (χ4v) is 2.63. The van der Waals surface area contributed by atoms with E-state index in [9.17, 15) is 0 Å². The number of hydrogen-bond acceptors (Lipinski definition) is 1. The van der Waals surface area contributed by atoms with Gasteiger partial charge in [0.1, 0.15) is 0 Å². The third-order valence-electron chi connectivity index (χ3n) is 3.05. The molecule has 1 aromatic carbocycles. The van der Waals surface area contributed by atoms with E-state index in [1.807, 2.05) is 6.07 Å². The van der Waals surface area contributed by atoms with Crippen molar-refractivity contribution in [3.05, 3.63) is 58.3 Å². The monoisotopic (exact) mass is 292 g/mol. The Balaban J connectivity index is 2.39. The lowest BCUT2D eigenvalue weighted by molar-refractivity contribution is 0.669. The first kappa shape index (κ1) is 12.4. The summed E-state index contributed by atoms with van der Waals surface area (Å²) >= 11 is 3.53. The van der Waals surface area contributed by atoms with Gasteiger partial charge in [0.25, 0.3) is 0 Å². The third kappa shape index (κ3) is 2.79. The molecule has 0 aliphatic carbocycles. The molecule has 0 saturated carbocycles. The number of hydrogen-bond donors (Lipinski definition) is 1. The lowest BCUT2D eigenvalue weighted by atomic mass is 9.92. The van der Waals surface area contributed by atoms with E-state index < -0.39 is 0 Å². The van der Waals surface area contributed by atoms with E-state index in [-0.39, 0.29) is 0 Å². The van der Waals surface area contributed by atoms with E-state index in [4.69, 9.17) is 5.73 Å². The van der Waals surface area contributed by atoms with Gasteiger partial charge in [-0.1, -0.05) is 28.1 Å². The Hall–Kier alpha value is -1.06. The van der Waals surface area contributed by atoms with Gasteiger partial charge in [0.05, 0.1) is 0 Å². The summed E-state index contributed by atoms with van der Waals surface area (Å²) in [7, 11) is 2.08. The molecule has 0 bridgehead atoms. The largest absolute Gasteiger partial charge is 0.354 e. The van der Waals surface area contributed by atoms with Crippen LogP contribution in [0.25, 0.3) is 0 Å². The number of benzene rings is 1. The molecular weight excluding hydrogens is 276 g/mol. The van der Waals surface area contributed by atoms with Crippen LogP contribution in [0.3, 0.4) is 0 Å². The predicted octanol–water partition coefficient (Wildman–Crippen LogP) is 3.27. The fraction of sp³-hybridized carbons (Fsp3) is 0.286. The van der Waals surface area contributed by atoms with Crippen molar-refractivity contribution in [2.24, 2.45) is 12.8 Å². The highest BCUT2D eigenvalue weighted by Crippen LogP contribution is 2.29. The summed E-state index contributed by atoms with van der Waals surface area (Å²) in [6.07, 6.45) is 3.05. The smallest absolute Gasteiger partial charge is 0.0255 e. The second-order valence-corrected chi connectivity index (χ2v) is 5.14. The highest BCUT2D eigenvalue weighted by atomic mass is 79.9. The summed E-state index contributed by atoms with van der Waals surface area (Å²) in [5.41, 5.74) is 8.37. The van der Waals surface area contributed by atoms with Crippen molar-refractivity contribution in [3.8, 4) is 0 Å². The molecular formula is C14H17BrN2. The molecule has 90 valence electrons. The van der Waals surface area contributed by atoms with E-state index in [0.717, 1.165) is 10.9 Å². The molecule has 1 unspecified atom stereocenters. The Labute approximate surface area is 111 Å². The van der Waals surface area contributed by atoms with Crippen molar-refractivity contribution in [2.75, 3.05) is 6.54 Å². The molecule has 3 heteroatoms. The molecule has 2 aromatic rings. The van der Waals surface area contributed by atoms with Gasteiger partial charge in [0.15, 0.2) is 0 Å². The number of nitrogens with zero attached hydrogens (tertiary/aromatic N) is 1. The first-order valence-electron chi connectivity index (χ1n) is 5.79. The van der Waals surface area contributed by atoms with Crippen molar-refractivity contribution in [2.45, 2.75) is 12.3 Å². The maximum Gasteiger partial charge on any atom is 0.0255 e. The minimum Gasteiger partial charge on any atom is -0.354 e. The number of aromatic nitrogens is 1. The molecule has 1 aromatic heterocycles. The van der Waals surface area contributed by atoms with Crippen molar-refractivity contribution in [1.29, 1.82) is 0 Å². The Morgan fingerprint density at radius 1 is 1.29 bits per heavy atom. The maximum absolute atomic E-state index is 5.74. The van der Waals surface area contributed by atoms with Crippen LogP contribution in [0, 0.1) is 0 Å². The van der Waals surface area contributed by atoms with Gasteiger partial charge >= 0.3 is 0 Å². The summed E-state index contributed by atoms with van der Waals surface area (Å²) in [4.78, 5) is 0. The summed E-state index contributed by atoms with van der Waals surface area (Å²) in [6.45, 7) is 0.697. The van der Waals surface area contributed by atoms with Gasteiger partial charge in [-0.05, 0) is 42.8 Å². The van der Waals surface area contributed by atoms with Crippen LogP contribution in [0.1, 0.15) is 23.6 Å². The van der Waals surface area contributed by atoms with Gasteiger partial charge < -0.3 is 10.3 Å². The van der Waals surface area contributed by atoms with E-state index in [1.165, 1.54) is 11.3 Å². The summed E-state index contributed by atoms with van der Waals surface area (Å²) in [5.74, 6) is 0.373. The minimum absolute atomic E-state index is 0.373. The molecule has 1 heterocycles. The van der Waals surface area contributed by atoms with Gasteiger partial charge in [-0.25, -0.2) is 0 Å². The van der Waals surface area contributed by atoms with Crippen molar-refractivity contribution >= 4 is 15.9 Å².